The molecule has 1 atom stereocenters. The van der Waals surface area contributed by atoms with Gasteiger partial charge in [0.05, 0.1) is 25.2 Å². The maximum atomic E-state index is 12.0. The summed E-state index contributed by atoms with van der Waals surface area (Å²) in [5, 5.41) is 20.5. The van der Waals surface area contributed by atoms with E-state index < -0.39 is 6.04 Å². The number of hydrogen-bond donors (Lipinski definition) is 3. The van der Waals surface area contributed by atoms with E-state index in [1.54, 1.807) is 0 Å². The average molecular weight is 237 g/mol. The van der Waals surface area contributed by atoms with Crippen LogP contribution in [0.2, 0.25) is 0 Å². The van der Waals surface area contributed by atoms with Gasteiger partial charge in [0.2, 0.25) is 5.91 Å². The van der Waals surface area contributed by atoms with Gasteiger partial charge in [-0.1, -0.05) is 37.3 Å². The fourth-order valence-electron chi connectivity index (χ4n) is 1.71. The number of carbonyl (C=O) groups is 1. The smallest absolute Gasteiger partial charge is 0.227 e. The molecule has 17 heavy (non-hydrogen) atoms. The van der Waals surface area contributed by atoms with Crippen molar-refractivity contribution in [2.24, 2.45) is 0 Å². The van der Waals surface area contributed by atoms with Crippen LogP contribution in [0.1, 0.15) is 24.8 Å². The van der Waals surface area contributed by atoms with Gasteiger partial charge in [-0.05, 0) is 12.0 Å². The van der Waals surface area contributed by atoms with Crippen LogP contribution >= 0.6 is 0 Å². The van der Waals surface area contributed by atoms with Crippen molar-refractivity contribution in [1.82, 2.24) is 5.32 Å². The first-order valence-electron chi connectivity index (χ1n) is 5.80. The molecule has 4 heteroatoms. The van der Waals surface area contributed by atoms with Crippen LogP contribution in [0.25, 0.3) is 0 Å². The second kappa shape index (κ2) is 7.04. The monoisotopic (exact) mass is 237 g/mol. The number of aliphatic hydroxyl groups excluding tert-OH is 2. The van der Waals surface area contributed by atoms with Crippen LogP contribution in [0.4, 0.5) is 0 Å². The molecule has 0 aromatic heterocycles. The molecule has 0 saturated heterocycles. The van der Waals surface area contributed by atoms with E-state index in [-0.39, 0.29) is 25.0 Å². The third-order valence-electron chi connectivity index (χ3n) is 2.71. The molecule has 0 bridgehead atoms. The highest BCUT2D eigenvalue weighted by Gasteiger charge is 2.20. The summed E-state index contributed by atoms with van der Waals surface area (Å²) < 4.78 is 0. The first kappa shape index (κ1) is 13.7. The summed E-state index contributed by atoms with van der Waals surface area (Å²) in [5.41, 5.74) is 0.946. The predicted molar refractivity (Wildman–Crippen MR) is 65.6 cm³/mol. The van der Waals surface area contributed by atoms with Crippen LogP contribution < -0.4 is 5.32 Å². The lowest BCUT2D eigenvalue weighted by atomic mass is 9.95. The Bertz CT molecular complexity index is 336. The van der Waals surface area contributed by atoms with Gasteiger partial charge in [-0.2, -0.15) is 0 Å². The number of rotatable bonds is 6. The summed E-state index contributed by atoms with van der Waals surface area (Å²) >= 11 is 0. The average Bonchev–Trinajstić information content (AvgIpc) is 2.38. The first-order valence-corrected chi connectivity index (χ1v) is 5.80. The highest BCUT2D eigenvalue weighted by atomic mass is 16.3. The highest BCUT2D eigenvalue weighted by molar-refractivity contribution is 5.83. The van der Waals surface area contributed by atoms with Gasteiger partial charge in [0.25, 0.3) is 0 Å². The van der Waals surface area contributed by atoms with Crippen LogP contribution in [0.5, 0.6) is 0 Å². The molecule has 0 spiro atoms. The van der Waals surface area contributed by atoms with E-state index >= 15 is 0 Å². The Kier molecular flexibility index (Phi) is 5.66. The van der Waals surface area contributed by atoms with Crippen molar-refractivity contribution in [3.05, 3.63) is 35.9 Å². The summed E-state index contributed by atoms with van der Waals surface area (Å²) in [7, 11) is 0. The molecular weight excluding hydrogens is 218 g/mol. The van der Waals surface area contributed by atoms with Gasteiger partial charge < -0.3 is 15.5 Å². The van der Waals surface area contributed by atoms with E-state index in [1.807, 2.05) is 37.3 Å². The summed E-state index contributed by atoms with van der Waals surface area (Å²) in [6.45, 7) is 1.42. The Morgan fingerprint density at radius 2 is 1.82 bits per heavy atom. The Morgan fingerprint density at radius 1 is 1.24 bits per heavy atom. The van der Waals surface area contributed by atoms with Gasteiger partial charge in [-0.25, -0.2) is 0 Å². The van der Waals surface area contributed by atoms with Gasteiger partial charge in [-0.15, -0.1) is 0 Å². The Morgan fingerprint density at radius 3 is 2.29 bits per heavy atom. The second-order valence-electron chi connectivity index (χ2n) is 3.94. The molecule has 0 aliphatic carbocycles. The molecule has 1 unspecified atom stereocenters. The fraction of sp³-hybridized carbons (Fsp3) is 0.462. The molecular formula is C13H19NO3. The van der Waals surface area contributed by atoms with E-state index in [0.29, 0.717) is 6.42 Å². The van der Waals surface area contributed by atoms with Crippen LogP contribution in [-0.2, 0) is 4.79 Å². The minimum Gasteiger partial charge on any atom is -0.394 e. The van der Waals surface area contributed by atoms with E-state index in [2.05, 4.69) is 5.32 Å². The van der Waals surface area contributed by atoms with Crippen molar-refractivity contribution < 1.29 is 15.0 Å². The summed E-state index contributed by atoms with van der Waals surface area (Å²) in [4.78, 5) is 12.0. The number of amides is 1. The lowest BCUT2D eigenvalue weighted by Gasteiger charge is -2.19. The van der Waals surface area contributed by atoms with Crippen molar-refractivity contribution in [3.8, 4) is 0 Å². The maximum absolute atomic E-state index is 12.0. The van der Waals surface area contributed by atoms with Crippen molar-refractivity contribution in [2.45, 2.75) is 25.3 Å². The molecule has 1 aromatic rings. The SMILES string of the molecule is CCC(C(=O)NC(CO)CO)c1ccccc1. The molecule has 0 aliphatic rings. The molecule has 94 valence electrons. The minimum atomic E-state index is -0.583. The predicted octanol–water partition coefficient (Wildman–Crippen LogP) is 0.650. The number of benzene rings is 1. The Labute approximate surface area is 101 Å². The van der Waals surface area contributed by atoms with Crippen molar-refractivity contribution >= 4 is 5.91 Å². The van der Waals surface area contributed by atoms with E-state index in [0.717, 1.165) is 5.56 Å². The highest BCUT2D eigenvalue weighted by Crippen LogP contribution is 2.19. The third-order valence-corrected chi connectivity index (χ3v) is 2.71. The lowest BCUT2D eigenvalue weighted by Crippen LogP contribution is -2.42. The standard InChI is InChI=1S/C13H19NO3/c1-2-12(10-6-4-3-5-7-10)13(17)14-11(8-15)9-16/h3-7,11-12,15-16H,2,8-9H2,1H3,(H,14,17). The maximum Gasteiger partial charge on any atom is 0.227 e. The summed E-state index contributed by atoms with van der Waals surface area (Å²) in [5.74, 6) is -0.399. The zero-order valence-corrected chi connectivity index (χ0v) is 9.97. The van der Waals surface area contributed by atoms with E-state index in [4.69, 9.17) is 10.2 Å². The molecule has 3 N–H and O–H groups in total. The van der Waals surface area contributed by atoms with Gasteiger partial charge >= 0.3 is 0 Å². The summed E-state index contributed by atoms with van der Waals surface area (Å²) in [6.07, 6.45) is 0.680. The molecule has 1 aromatic carbocycles. The van der Waals surface area contributed by atoms with Gasteiger partial charge in [-0.3, -0.25) is 4.79 Å². The molecule has 1 amide bonds. The zero-order valence-electron chi connectivity index (χ0n) is 9.97. The fourth-order valence-corrected chi connectivity index (χ4v) is 1.71. The second-order valence-corrected chi connectivity index (χ2v) is 3.94. The third kappa shape index (κ3) is 3.84. The molecule has 4 nitrogen and oxygen atoms in total. The normalized spacial score (nSPS) is 12.5. The number of carbonyl (C=O) groups excluding carboxylic acids is 1. The van der Waals surface area contributed by atoms with Crippen LogP contribution in [0.3, 0.4) is 0 Å². The number of hydrogen-bond acceptors (Lipinski definition) is 3. The van der Waals surface area contributed by atoms with Crippen LogP contribution in [0, 0.1) is 0 Å². The Balaban J connectivity index is 2.71. The number of aliphatic hydroxyl groups is 2. The molecule has 0 aliphatic heterocycles. The molecule has 0 fully saturated rings. The molecule has 1 rings (SSSR count). The quantitative estimate of drug-likeness (QED) is 0.680. The zero-order chi connectivity index (χ0) is 12.7. The van der Waals surface area contributed by atoms with E-state index in [1.165, 1.54) is 0 Å². The first-order chi connectivity index (χ1) is 8.22. The molecule has 0 heterocycles. The van der Waals surface area contributed by atoms with Gasteiger partial charge in [0.1, 0.15) is 0 Å². The van der Waals surface area contributed by atoms with Gasteiger partial charge in [0.15, 0.2) is 0 Å². The lowest BCUT2D eigenvalue weighted by molar-refractivity contribution is -0.124. The molecule has 0 saturated carbocycles. The summed E-state index contributed by atoms with van der Waals surface area (Å²) in [6, 6.07) is 8.90. The van der Waals surface area contributed by atoms with Gasteiger partial charge in [0, 0.05) is 0 Å². The van der Waals surface area contributed by atoms with Crippen molar-refractivity contribution in [3.63, 3.8) is 0 Å². The van der Waals surface area contributed by atoms with E-state index in [9.17, 15) is 4.79 Å². The topological polar surface area (TPSA) is 69.6 Å². The van der Waals surface area contributed by atoms with Crippen LogP contribution in [0.15, 0.2) is 30.3 Å². The minimum absolute atomic E-state index is 0.160. The largest absolute Gasteiger partial charge is 0.394 e. The van der Waals surface area contributed by atoms with Crippen molar-refractivity contribution in [2.75, 3.05) is 13.2 Å². The van der Waals surface area contributed by atoms with Crippen LogP contribution in [-0.4, -0.2) is 35.4 Å². The van der Waals surface area contributed by atoms with Crippen molar-refractivity contribution in [1.29, 1.82) is 0 Å². The number of nitrogens with one attached hydrogen (secondary N) is 1. The molecule has 0 radical (unpaired) electrons. The Hall–Kier alpha value is -1.39.